The van der Waals surface area contributed by atoms with Gasteiger partial charge < -0.3 is 11.1 Å². The highest BCUT2D eigenvalue weighted by molar-refractivity contribution is 5.92. The number of rotatable bonds is 4. The van der Waals surface area contributed by atoms with E-state index < -0.39 is 0 Å². The van der Waals surface area contributed by atoms with E-state index >= 15 is 0 Å². The molecular formula is C15H23N3O. The van der Waals surface area contributed by atoms with E-state index in [1.807, 2.05) is 24.3 Å². The van der Waals surface area contributed by atoms with Crippen LogP contribution >= 0.6 is 0 Å². The highest BCUT2D eigenvalue weighted by atomic mass is 16.2. The lowest BCUT2D eigenvalue weighted by Crippen LogP contribution is -2.42. The molecule has 1 aliphatic heterocycles. The third kappa shape index (κ3) is 4.04. The van der Waals surface area contributed by atoms with E-state index in [9.17, 15) is 4.79 Å². The Labute approximate surface area is 115 Å². The fraction of sp³-hybridized carbons (Fsp3) is 0.533. The second-order valence-corrected chi connectivity index (χ2v) is 5.27. The molecule has 0 bridgehead atoms. The quantitative estimate of drug-likeness (QED) is 0.871. The number of piperidine rings is 1. The molecule has 0 spiro atoms. The highest BCUT2D eigenvalue weighted by Crippen LogP contribution is 2.16. The number of amides is 1. The van der Waals surface area contributed by atoms with Crippen molar-refractivity contribution in [1.82, 2.24) is 4.90 Å². The lowest BCUT2D eigenvalue weighted by Gasteiger charge is -2.32. The van der Waals surface area contributed by atoms with Crippen LogP contribution in [0.5, 0.6) is 0 Å². The standard InChI is InChI=1S/C15H23N3O/c1-12-5-2-3-8-18(12)11-15(19)17-14-7-4-6-13(9-14)10-16/h4,6-7,9,12H,2-3,5,8,10-11,16H2,1H3,(H,17,19). The van der Waals surface area contributed by atoms with Crippen molar-refractivity contribution in [1.29, 1.82) is 0 Å². The molecule has 1 fully saturated rings. The summed E-state index contributed by atoms with van der Waals surface area (Å²) >= 11 is 0. The van der Waals surface area contributed by atoms with Gasteiger partial charge in [0.2, 0.25) is 5.91 Å². The Morgan fingerprint density at radius 2 is 2.32 bits per heavy atom. The van der Waals surface area contributed by atoms with Gasteiger partial charge >= 0.3 is 0 Å². The van der Waals surface area contributed by atoms with Crippen LogP contribution in [0.1, 0.15) is 31.7 Å². The van der Waals surface area contributed by atoms with E-state index in [4.69, 9.17) is 5.73 Å². The van der Waals surface area contributed by atoms with Crippen molar-refractivity contribution in [2.45, 2.75) is 38.8 Å². The Kier molecular flexibility index (Phi) is 4.93. The first-order valence-corrected chi connectivity index (χ1v) is 7.02. The van der Waals surface area contributed by atoms with Gasteiger partial charge in [-0.2, -0.15) is 0 Å². The molecule has 1 aromatic carbocycles. The van der Waals surface area contributed by atoms with Gasteiger partial charge in [-0.3, -0.25) is 9.69 Å². The van der Waals surface area contributed by atoms with Crippen LogP contribution in [0, 0.1) is 0 Å². The minimum Gasteiger partial charge on any atom is -0.326 e. The maximum Gasteiger partial charge on any atom is 0.238 e. The number of benzene rings is 1. The molecule has 1 amide bonds. The first kappa shape index (κ1) is 14.0. The van der Waals surface area contributed by atoms with Gasteiger partial charge in [-0.25, -0.2) is 0 Å². The monoisotopic (exact) mass is 261 g/mol. The number of nitrogens with two attached hydrogens (primary N) is 1. The molecule has 104 valence electrons. The molecule has 1 heterocycles. The number of likely N-dealkylation sites (tertiary alicyclic amines) is 1. The zero-order chi connectivity index (χ0) is 13.7. The van der Waals surface area contributed by atoms with Gasteiger partial charge in [-0.05, 0) is 44.0 Å². The summed E-state index contributed by atoms with van der Waals surface area (Å²) in [5.74, 6) is 0.0583. The van der Waals surface area contributed by atoms with Crippen LogP contribution in [0.15, 0.2) is 24.3 Å². The largest absolute Gasteiger partial charge is 0.326 e. The summed E-state index contributed by atoms with van der Waals surface area (Å²) in [6.45, 7) is 4.19. The number of carbonyl (C=O) groups excluding carboxylic acids is 1. The van der Waals surface area contributed by atoms with Crippen LogP contribution < -0.4 is 11.1 Å². The van der Waals surface area contributed by atoms with E-state index in [1.165, 1.54) is 19.3 Å². The van der Waals surface area contributed by atoms with Gasteiger partial charge in [0, 0.05) is 18.3 Å². The molecule has 4 heteroatoms. The van der Waals surface area contributed by atoms with E-state index in [-0.39, 0.29) is 5.91 Å². The molecule has 2 rings (SSSR count). The molecule has 0 saturated carbocycles. The molecule has 1 aromatic rings. The minimum absolute atomic E-state index is 0.0583. The summed E-state index contributed by atoms with van der Waals surface area (Å²) in [5, 5.41) is 2.95. The van der Waals surface area contributed by atoms with Crippen molar-refractivity contribution < 1.29 is 4.79 Å². The van der Waals surface area contributed by atoms with Crippen molar-refractivity contribution >= 4 is 11.6 Å². The van der Waals surface area contributed by atoms with E-state index in [0.717, 1.165) is 17.8 Å². The summed E-state index contributed by atoms with van der Waals surface area (Å²) in [6.07, 6.45) is 3.66. The van der Waals surface area contributed by atoms with Crippen molar-refractivity contribution in [3.05, 3.63) is 29.8 Å². The molecule has 0 aromatic heterocycles. The maximum atomic E-state index is 12.0. The van der Waals surface area contributed by atoms with Gasteiger partial charge in [0.1, 0.15) is 0 Å². The fourth-order valence-electron chi connectivity index (χ4n) is 2.55. The summed E-state index contributed by atoms with van der Waals surface area (Å²) < 4.78 is 0. The van der Waals surface area contributed by atoms with Crippen LogP contribution in [0.25, 0.3) is 0 Å². The number of nitrogens with one attached hydrogen (secondary N) is 1. The van der Waals surface area contributed by atoms with Crippen LogP contribution in [-0.2, 0) is 11.3 Å². The Morgan fingerprint density at radius 1 is 1.47 bits per heavy atom. The molecule has 19 heavy (non-hydrogen) atoms. The average Bonchev–Trinajstić information content (AvgIpc) is 2.41. The molecule has 4 nitrogen and oxygen atoms in total. The zero-order valence-electron chi connectivity index (χ0n) is 11.6. The van der Waals surface area contributed by atoms with Gasteiger partial charge in [0.25, 0.3) is 0 Å². The summed E-state index contributed by atoms with van der Waals surface area (Å²) in [6, 6.07) is 8.22. The third-order valence-corrected chi connectivity index (χ3v) is 3.73. The van der Waals surface area contributed by atoms with Crippen molar-refractivity contribution in [2.24, 2.45) is 5.73 Å². The number of carbonyl (C=O) groups is 1. The number of anilines is 1. The SMILES string of the molecule is CC1CCCCN1CC(=O)Nc1cccc(CN)c1. The number of hydrogen-bond acceptors (Lipinski definition) is 3. The van der Waals surface area contributed by atoms with E-state index in [1.54, 1.807) is 0 Å². The lowest BCUT2D eigenvalue weighted by molar-refractivity contribution is -0.118. The summed E-state index contributed by atoms with van der Waals surface area (Å²) in [5.41, 5.74) is 7.46. The molecule has 1 atom stereocenters. The molecule has 1 aliphatic rings. The highest BCUT2D eigenvalue weighted by Gasteiger charge is 2.20. The van der Waals surface area contributed by atoms with E-state index in [2.05, 4.69) is 17.1 Å². The maximum absolute atomic E-state index is 12.0. The zero-order valence-corrected chi connectivity index (χ0v) is 11.6. The van der Waals surface area contributed by atoms with Crippen molar-refractivity contribution in [3.8, 4) is 0 Å². The topological polar surface area (TPSA) is 58.4 Å². The molecule has 1 saturated heterocycles. The van der Waals surface area contributed by atoms with Gasteiger partial charge in [0.15, 0.2) is 0 Å². The predicted octanol–water partition coefficient (Wildman–Crippen LogP) is 1.96. The predicted molar refractivity (Wildman–Crippen MR) is 77.8 cm³/mol. The number of hydrogen-bond donors (Lipinski definition) is 2. The second-order valence-electron chi connectivity index (χ2n) is 5.27. The summed E-state index contributed by atoms with van der Waals surface area (Å²) in [4.78, 5) is 14.3. The molecule has 3 N–H and O–H groups in total. The van der Waals surface area contributed by atoms with Gasteiger partial charge in [-0.15, -0.1) is 0 Å². The van der Waals surface area contributed by atoms with Crippen LogP contribution in [0.2, 0.25) is 0 Å². The lowest BCUT2D eigenvalue weighted by atomic mass is 10.0. The molecule has 1 unspecified atom stereocenters. The molecular weight excluding hydrogens is 238 g/mol. The van der Waals surface area contributed by atoms with E-state index in [0.29, 0.717) is 19.1 Å². The van der Waals surface area contributed by atoms with Gasteiger partial charge in [-0.1, -0.05) is 18.6 Å². The smallest absolute Gasteiger partial charge is 0.238 e. The average molecular weight is 261 g/mol. The summed E-state index contributed by atoms with van der Waals surface area (Å²) in [7, 11) is 0. The normalized spacial score (nSPS) is 20.2. The van der Waals surface area contributed by atoms with Crippen LogP contribution in [0.4, 0.5) is 5.69 Å². The molecule has 0 aliphatic carbocycles. The Bertz CT molecular complexity index is 433. The van der Waals surface area contributed by atoms with Gasteiger partial charge in [0.05, 0.1) is 6.54 Å². The van der Waals surface area contributed by atoms with Crippen LogP contribution in [-0.4, -0.2) is 29.9 Å². The fourth-order valence-corrected chi connectivity index (χ4v) is 2.55. The number of nitrogens with zero attached hydrogens (tertiary/aromatic N) is 1. The molecule has 0 radical (unpaired) electrons. The third-order valence-electron chi connectivity index (χ3n) is 3.73. The van der Waals surface area contributed by atoms with Crippen LogP contribution in [0.3, 0.4) is 0 Å². The Balaban J connectivity index is 1.89. The minimum atomic E-state index is 0.0583. The van der Waals surface area contributed by atoms with Crippen molar-refractivity contribution in [3.63, 3.8) is 0 Å². The van der Waals surface area contributed by atoms with Crippen molar-refractivity contribution in [2.75, 3.05) is 18.4 Å². The second kappa shape index (κ2) is 6.68. The first-order chi connectivity index (χ1) is 9.19. The Hall–Kier alpha value is -1.39. The Morgan fingerprint density at radius 3 is 3.05 bits per heavy atom. The first-order valence-electron chi connectivity index (χ1n) is 7.02.